The van der Waals surface area contributed by atoms with Crippen molar-refractivity contribution in [3.05, 3.63) is 32.1 Å². The molecule has 0 saturated heterocycles. The maximum Gasteiger partial charge on any atom is 0.423 e. The highest BCUT2D eigenvalue weighted by atomic mass is 35.5. The van der Waals surface area contributed by atoms with Crippen molar-refractivity contribution in [2.24, 2.45) is 0 Å². The van der Waals surface area contributed by atoms with Gasteiger partial charge in [0, 0.05) is 0 Å². The summed E-state index contributed by atoms with van der Waals surface area (Å²) in [5, 5.41) is -1.56. The highest BCUT2D eigenvalue weighted by Crippen LogP contribution is 2.28. The van der Waals surface area contributed by atoms with Gasteiger partial charge in [0.05, 0.1) is 0 Å². The Labute approximate surface area is 83.9 Å². The number of nitrogens with one attached hydrogen (secondary N) is 2. The van der Waals surface area contributed by atoms with E-state index in [1.807, 2.05) is 0 Å². The molecule has 1 aromatic heterocycles. The average molecular weight is 243 g/mol. The van der Waals surface area contributed by atoms with Crippen LogP contribution < -0.4 is 11.2 Å². The smallest absolute Gasteiger partial charge is 0.303 e. The van der Waals surface area contributed by atoms with E-state index >= 15 is 0 Å². The maximum atomic E-state index is 12.2. The zero-order chi connectivity index (χ0) is 11.8. The number of aromatic amines is 2. The highest BCUT2D eigenvalue weighted by molar-refractivity contribution is 6.67. The largest absolute Gasteiger partial charge is 0.423 e. The lowest BCUT2D eigenvalue weighted by Gasteiger charge is -2.07. The van der Waals surface area contributed by atoms with Crippen molar-refractivity contribution < 1.29 is 18.0 Å². The van der Waals surface area contributed by atoms with Crippen LogP contribution in [0.3, 0.4) is 0 Å². The van der Waals surface area contributed by atoms with Gasteiger partial charge in [-0.05, 0) is 11.6 Å². The van der Waals surface area contributed by atoms with E-state index in [0.717, 1.165) is 0 Å². The van der Waals surface area contributed by atoms with Crippen LogP contribution in [-0.4, -0.2) is 15.2 Å². The molecule has 5 nitrogen and oxygen atoms in total. The third kappa shape index (κ3) is 2.27. The molecular weight excluding hydrogens is 241 g/mol. The zero-order valence-corrected chi connectivity index (χ0v) is 7.49. The fraction of sp³-hybridized carbons (Fsp3) is 0.167. The second kappa shape index (κ2) is 3.54. The Hall–Kier alpha value is -1.57. The number of H-pyrrole nitrogens is 2. The van der Waals surface area contributed by atoms with Crippen molar-refractivity contribution in [3.8, 4) is 0 Å². The monoisotopic (exact) mass is 242 g/mol. The zero-order valence-electron chi connectivity index (χ0n) is 6.74. The molecule has 1 aromatic rings. The van der Waals surface area contributed by atoms with E-state index in [0.29, 0.717) is 0 Å². The number of alkyl halides is 3. The molecule has 0 bridgehead atoms. The summed E-state index contributed by atoms with van der Waals surface area (Å²) in [6.45, 7) is 0. The molecule has 0 fully saturated rings. The van der Waals surface area contributed by atoms with Gasteiger partial charge in [0.25, 0.3) is 10.8 Å². The van der Waals surface area contributed by atoms with Gasteiger partial charge < -0.3 is 4.98 Å². The van der Waals surface area contributed by atoms with Gasteiger partial charge in [-0.3, -0.25) is 14.6 Å². The molecule has 0 radical (unpaired) electrons. The summed E-state index contributed by atoms with van der Waals surface area (Å²) in [6, 6.07) is 0. The Bertz CT molecular complexity index is 516. The molecule has 0 aliphatic rings. The van der Waals surface area contributed by atoms with Crippen LogP contribution in [0, 0.1) is 0 Å². The number of carbonyl (C=O) groups is 1. The summed E-state index contributed by atoms with van der Waals surface area (Å²) in [4.78, 5) is 34.8. The van der Waals surface area contributed by atoms with Crippen molar-refractivity contribution in [1.82, 2.24) is 9.97 Å². The second-order valence-corrected chi connectivity index (χ2v) is 2.77. The minimum Gasteiger partial charge on any atom is -0.303 e. The lowest BCUT2D eigenvalue weighted by Crippen LogP contribution is -2.33. The molecule has 0 unspecified atom stereocenters. The predicted molar refractivity (Wildman–Crippen MR) is 42.9 cm³/mol. The van der Waals surface area contributed by atoms with E-state index in [1.165, 1.54) is 9.97 Å². The quantitative estimate of drug-likeness (QED) is 0.702. The Balaban J connectivity index is 3.70. The molecule has 0 spiro atoms. The Morgan fingerprint density at radius 2 is 1.73 bits per heavy atom. The van der Waals surface area contributed by atoms with Crippen LogP contribution in [0.2, 0.25) is 0 Å². The molecule has 0 aromatic carbocycles. The standard InChI is InChI=1S/C6H2ClF3N2O3/c7-3(13)2-1(6(8,9)10)4(14)12-5(15)11-2/h(H2,11,12,14,15). The van der Waals surface area contributed by atoms with Crippen LogP contribution in [0.15, 0.2) is 9.59 Å². The van der Waals surface area contributed by atoms with Crippen LogP contribution >= 0.6 is 11.6 Å². The molecule has 1 rings (SSSR count). The Kier molecular flexibility index (Phi) is 2.71. The van der Waals surface area contributed by atoms with Gasteiger partial charge in [-0.15, -0.1) is 0 Å². The summed E-state index contributed by atoms with van der Waals surface area (Å²) >= 11 is 4.80. The normalized spacial score (nSPS) is 11.5. The lowest BCUT2D eigenvalue weighted by atomic mass is 10.2. The third-order valence-corrected chi connectivity index (χ3v) is 1.61. The summed E-state index contributed by atoms with van der Waals surface area (Å²) in [5.41, 5.74) is -6.03. The van der Waals surface area contributed by atoms with Crippen molar-refractivity contribution in [1.29, 1.82) is 0 Å². The van der Waals surface area contributed by atoms with Crippen molar-refractivity contribution in [2.75, 3.05) is 0 Å². The Morgan fingerprint density at radius 1 is 1.20 bits per heavy atom. The van der Waals surface area contributed by atoms with Gasteiger partial charge in [0.15, 0.2) is 0 Å². The van der Waals surface area contributed by atoms with E-state index < -0.39 is 33.9 Å². The molecule has 0 amide bonds. The second-order valence-electron chi connectivity index (χ2n) is 2.43. The summed E-state index contributed by atoms with van der Waals surface area (Å²) in [7, 11) is 0. The first-order valence-electron chi connectivity index (χ1n) is 3.37. The van der Waals surface area contributed by atoms with E-state index in [4.69, 9.17) is 11.6 Å². The fourth-order valence-corrected chi connectivity index (χ4v) is 1.05. The number of hydrogen-bond acceptors (Lipinski definition) is 3. The molecule has 9 heteroatoms. The van der Waals surface area contributed by atoms with Crippen LogP contribution in [0.1, 0.15) is 16.1 Å². The number of rotatable bonds is 1. The van der Waals surface area contributed by atoms with Gasteiger partial charge in [-0.2, -0.15) is 13.2 Å². The van der Waals surface area contributed by atoms with E-state index in [-0.39, 0.29) is 0 Å². The first-order chi connectivity index (χ1) is 6.73. The highest BCUT2D eigenvalue weighted by Gasteiger charge is 2.39. The predicted octanol–water partition coefficient (Wildman–Crippen LogP) is 0.461. The molecule has 0 atom stereocenters. The van der Waals surface area contributed by atoms with Gasteiger partial charge in [-0.25, -0.2) is 4.79 Å². The van der Waals surface area contributed by atoms with Gasteiger partial charge >= 0.3 is 11.9 Å². The van der Waals surface area contributed by atoms with Gasteiger partial charge in [0.1, 0.15) is 11.3 Å². The van der Waals surface area contributed by atoms with Crippen LogP contribution in [0.5, 0.6) is 0 Å². The van der Waals surface area contributed by atoms with Crippen LogP contribution in [0.25, 0.3) is 0 Å². The molecule has 2 N–H and O–H groups in total. The number of aromatic nitrogens is 2. The van der Waals surface area contributed by atoms with E-state index in [2.05, 4.69) is 0 Å². The van der Waals surface area contributed by atoms with Crippen LogP contribution in [0.4, 0.5) is 13.2 Å². The molecule has 1 heterocycles. The topological polar surface area (TPSA) is 82.8 Å². The maximum absolute atomic E-state index is 12.2. The van der Waals surface area contributed by atoms with Gasteiger partial charge in [-0.1, -0.05) is 0 Å². The summed E-state index contributed by atoms with van der Waals surface area (Å²) < 4.78 is 36.7. The molecule has 82 valence electrons. The molecule has 0 aliphatic heterocycles. The fourth-order valence-electron chi connectivity index (χ4n) is 0.904. The first kappa shape index (κ1) is 11.5. The van der Waals surface area contributed by atoms with Gasteiger partial charge in [0.2, 0.25) is 0 Å². The minimum absolute atomic E-state index is 1.24. The summed E-state index contributed by atoms with van der Waals surface area (Å²) in [6.07, 6.45) is -5.07. The third-order valence-electron chi connectivity index (χ3n) is 1.42. The number of hydrogen-bond donors (Lipinski definition) is 2. The van der Waals surface area contributed by atoms with E-state index in [9.17, 15) is 27.6 Å². The van der Waals surface area contributed by atoms with E-state index in [1.54, 1.807) is 0 Å². The van der Waals surface area contributed by atoms with Crippen molar-refractivity contribution in [2.45, 2.75) is 6.18 Å². The minimum atomic E-state index is -5.07. The summed E-state index contributed by atoms with van der Waals surface area (Å²) in [5.74, 6) is 0. The lowest BCUT2D eigenvalue weighted by molar-refractivity contribution is -0.139. The molecule has 15 heavy (non-hydrogen) atoms. The van der Waals surface area contributed by atoms with Crippen molar-refractivity contribution >= 4 is 16.8 Å². The molecule has 0 aliphatic carbocycles. The van der Waals surface area contributed by atoms with Crippen LogP contribution in [-0.2, 0) is 6.18 Å². The average Bonchev–Trinajstić information content (AvgIpc) is 1.99. The molecular formula is C6H2ClF3N2O3. The Morgan fingerprint density at radius 3 is 2.13 bits per heavy atom. The number of halogens is 4. The number of carbonyl (C=O) groups excluding carboxylic acids is 1. The first-order valence-corrected chi connectivity index (χ1v) is 3.75. The van der Waals surface area contributed by atoms with Crippen molar-refractivity contribution in [3.63, 3.8) is 0 Å². The molecule has 0 saturated carbocycles. The SMILES string of the molecule is O=C(Cl)c1[nH]c(=O)[nH]c(=O)c1C(F)(F)F.